The number of likely N-dealkylation sites (tertiary alicyclic amines) is 1. The lowest BCUT2D eigenvalue weighted by Crippen LogP contribution is -2.49. The third-order valence-corrected chi connectivity index (χ3v) is 5.16. The van der Waals surface area contributed by atoms with Gasteiger partial charge < -0.3 is 15.3 Å². The molecule has 0 aliphatic carbocycles. The maximum Gasteiger partial charge on any atom is 0.314 e. The highest BCUT2D eigenvalue weighted by Crippen LogP contribution is 2.36. The molecule has 6 nitrogen and oxygen atoms in total. The topological polar surface area (TPSA) is 86.7 Å². The lowest BCUT2D eigenvalue weighted by molar-refractivity contribution is -0.145. The van der Waals surface area contributed by atoms with E-state index in [-0.39, 0.29) is 37.4 Å². The summed E-state index contributed by atoms with van der Waals surface area (Å²) >= 11 is 0. The number of carbonyl (C=O) groups excluding carboxylic acids is 2. The van der Waals surface area contributed by atoms with Crippen molar-refractivity contribution in [2.75, 3.05) is 18.4 Å². The van der Waals surface area contributed by atoms with Gasteiger partial charge in [0.15, 0.2) is 0 Å². The molecule has 0 unspecified atom stereocenters. The molecule has 1 fully saturated rings. The standard InChI is InChI=1S/C21H21FN2O4/c1-14(25)23-16-7-8-18(22)17(13-16)19(26)24-11-9-21(10-12-24,20(27)28)15-5-3-2-4-6-15/h2-8,13H,9-12H2,1H3,(H,23,25)(H,27,28). The average molecular weight is 384 g/mol. The first-order chi connectivity index (χ1) is 13.3. The van der Waals surface area contributed by atoms with E-state index in [0.717, 1.165) is 6.07 Å². The van der Waals surface area contributed by atoms with E-state index in [9.17, 15) is 23.9 Å². The minimum absolute atomic E-state index is 0.145. The van der Waals surface area contributed by atoms with Crippen molar-refractivity contribution in [3.05, 3.63) is 65.5 Å². The predicted molar refractivity (Wildman–Crippen MR) is 102 cm³/mol. The fourth-order valence-electron chi connectivity index (χ4n) is 3.62. The maximum absolute atomic E-state index is 14.2. The van der Waals surface area contributed by atoms with Gasteiger partial charge in [-0.25, -0.2) is 4.39 Å². The van der Waals surface area contributed by atoms with Gasteiger partial charge in [0.1, 0.15) is 5.82 Å². The Morgan fingerprint density at radius 2 is 1.71 bits per heavy atom. The van der Waals surface area contributed by atoms with Crippen LogP contribution < -0.4 is 5.32 Å². The second-order valence-corrected chi connectivity index (χ2v) is 6.92. The average Bonchev–Trinajstić information content (AvgIpc) is 2.69. The molecule has 0 aromatic heterocycles. The SMILES string of the molecule is CC(=O)Nc1ccc(F)c(C(=O)N2CCC(C(=O)O)(c3ccccc3)CC2)c1. The minimum atomic E-state index is -1.06. The number of hydrogen-bond donors (Lipinski definition) is 2. The number of rotatable bonds is 4. The van der Waals surface area contributed by atoms with E-state index >= 15 is 0 Å². The van der Waals surface area contributed by atoms with Gasteiger partial charge in [0.2, 0.25) is 5.91 Å². The van der Waals surface area contributed by atoms with Crippen molar-refractivity contribution >= 4 is 23.5 Å². The summed E-state index contributed by atoms with van der Waals surface area (Å²) in [6.45, 7) is 1.72. The zero-order chi connectivity index (χ0) is 20.3. The van der Waals surface area contributed by atoms with Gasteiger partial charge in [-0.1, -0.05) is 30.3 Å². The lowest BCUT2D eigenvalue weighted by Gasteiger charge is -2.39. The fraction of sp³-hybridized carbons (Fsp3) is 0.286. The largest absolute Gasteiger partial charge is 0.481 e. The zero-order valence-corrected chi connectivity index (χ0v) is 15.4. The number of carbonyl (C=O) groups is 3. The van der Waals surface area contributed by atoms with Crippen LogP contribution in [0.4, 0.5) is 10.1 Å². The number of aliphatic carboxylic acids is 1. The first kappa shape index (κ1) is 19.5. The van der Waals surface area contributed by atoms with Crippen LogP contribution >= 0.6 is 0 Å². The van der Waals surface area contributed by atoms with Crippen LogP contribution in [0.1, 0.15) is 35.7 Å². The molecule has 2 amide bonds. The first-order valence-corrected chi connectivity index (χ1v) is 8.99. The fourth-order valence-corrected chi connectivity index (χ4v) is 3.62. The Hall–Kier alpha value is -3.22. The van der Waals surface area contributed by atoms with E-state index in [0.29, 0.717) is 11.3 Å². The van der Waals surface area contributed by atoms with Crippen molar-refractivity contribution in [2.45, 2.75) is 25.2 Å². The molecule has 2 aromatic carbocycles. The summed E-state index contributed by atoms with van der Waals surface area (Å²) in [7, 11) is 0. The van der Waals surface area contributed by atoms with E-state index in [2.05, 4.69) is 5.32 Å². The Bertz CT molecular complexity index is 906. The highest BCUT2D eigenvalue weighted by molar-refractivity contribution is 5.97. The number of amides is 2. The van der Waals surface area contributed by atoms with Crippen LogP contribution in [0.3, 0.4) is 0 Å². The van der Waals surface area contributed by atoms with Gasteiger partial charge in [-0.05, 0) is 36.6 Å². The number of carboxylic acid groups (broad SMARTS) is 1. The number of hydrogen-bond acceptors (Lipinski definition) is 3. The number of nitrogens with one attached hydrogen (secondary N) is 1. The third kappa shape index (κ3) is 3.74. The molecule has 2 aromatic rings. The summed E-state index contributed by atoms with van der Waals surface area (Å²) in [5.74, 6) is -2.45. The van der Waals surface area contributed by atoms with Crippen LogP contribution in [0, 0.1) is 5.82 Å². The molecule has 28 heavy (non-hydrogen) atoms. The van der Waals surface area contributed by atoms with Gasteiger partial charge in [-0.3, -0.25) is 14.4 Å². The molecule has 0 saturated carbocycles. The van der Waals surface area contributed by atoms with E-state index < -0.39 is 23.1 Å². The molecular weight excluding hydrogens is 363 g/mol. The van der Waals surface area contributed by atoms with Crippen LogP contribution in [-0.2, 0) is 15.0 Å². The van der Waals surface area contributed by atoms with Crippen LogP contribution in [0.2, 0.25) is 0 Å². The molecule has 0 atom stereocenters. The molecule has 1 heterocycles. The van der Waals surface area contributed by atoms with Crippen LogP contribution in [0.5, 0.6) is 0 Å². The van der Waals surface area contributed by atoms with Gasteiger partial charge >= 0.3 is 5.97 Å². The molecule has 1 saturated heterocycles. The molecule has 3 rings (SSSR count). The number of carboxylic acids is 1. The molecule has 2 N–H and O–H groups in total. The summed E-state index contributed by atoms with van der Waals surface area (Å²) in [4.78, 5) is 37.5. The van der Waals surface area contributed by atoms with Crippen LogP contribution in [0.15, 0.2) is 48.5 Å². The number of piperidine rings is 1. The van der Waals surface area contributed by atoms with Crippen molar-refractivity contribution in [1.29, 1.82) is 0 Å². The van der Waals surface area contributed by atoms with Gasteiger partial charge in [0, 0.05) is 25.7 Å². The molecular formula is C21H21FN2O4. The summed E-state index contributed by atoms with van der Waals surface area (Å²) < 4.78 is 14.2. The second kappa shape index (κ2) is 7.80. The Morgan fingerprint density at radius 3 is 2.29 bits per heavy atom. The monoisotopic (exact) mass is 384 g/mol. The summed E-state index contributed by atoms with van der Waals surface area (Å²) in [5, 5.41) is 12.4. The van der Waals surface area contributed by atoms with Crippen molar-refractivity contribution in [2.24, 2.45) is 0 Å². The maximum atomic E-state index is 14.2. The minimum Gasteiger partial charge on any atom is -0.481 e. The number of benzene rings is 2. The van der Waals surface area contributed by atoms with Gasteiger partial charge in [0.25, 0.3) is 5.91 Å². The molecule has 146 valence electrons. The van der Waals surface area contributed by atoms with Crippen molar-refractivity contribution in [3.8, 4) is 0 Å². The zero-order valence-electron chi connectivity index (χ0n) is 15.4. The lowest BCUT2D eigenvalue weighted by atomic mass is 9.72. The Morgan fingerprint density at radius 1 is 1.07 bits per heavy atom. The smallest absolute Gasteiger partial charge is 0.314 e. The number of anilines is 1. The number of halogens is 1. The highest BCUT2D eigenvalue weighted by atomic mass is 19.1. The number of nitrogens with zero attached hydrogens (tertiary/aromatic N) is 1. The summed E-state index contributed by atoms with van der Waals surface area (Å²) in [6, 6.07) is 12.8. The van der Waals surface area contributed by atoms with Crippen molar-refractivity contribution in [1.82, 2.24) is 4.90 Å². The van der Waals surface area contributed by atoms with Crippen LogP contribution in [-0.4, -0.2) is 40.9 Å². The van der Waals surface area contributed by atoms with Crippen LogP contribution in [0.25, 0.3) is 0 Å². The Kier molecular flexibility index (Phi) is 5.44. The Labute approximate surface area is 162 Å². The second-order valence-electron chi connectivity index (χ2n) is 6.92. The Balaban J connectivity index is 1.80. The highest BCUT2D eigenvalue weighted by Gasteiger charge is 2.44. The molecule has 0 radical (unpaired) electrons. The van der Waals surface area contributed by atoms with Crippen molar-refractivity contribution < 1.29 is 23.9 Å². The molecule has 0 bridgehead atoms. The quantitative estimate of drug-likeness (QED) is 0.848. The predicted octanol–water partition coefficient (Wildman–Crippen LogP) is 3.04. The molecule has 1 aliphatic heterocycles. The first-order valence-electron chi connectivity index (χ1n) is 8.99. The van der Waals surface area contributed by atoms with Gasteiger partial charge in [-0.2, -0.15) is 0 Å². The van der Waals surface area contributed by atoms with Gasteiger partial charge in [0.05, 0.1) is 11.0 Å². The molecule has 7 heteroatoms. The summed E-state index contributed by atoms with van der Waals surface area (Å²) in [6.07, 6.45) is 0.482. The summed E-state index contributed by atoms with van der Waals surface area (Å²) in [5.41, 5.74) is -0.171. The third-order valence-electron chi connectivity index (χ3n) is 5.16. The molecule has 1 aliphatic rings. The van der Waals surface area contributed by atoms with E-state index in [1.54, 1.807) is 24.3 Å². The normalized spacial score (nSPS) is 15.7. The van der Waals surface area contributed by atoms with Crippen molar-refractivity contribution in [3.63, 3.8) is 0 Å². The van der Waals surface area contributed by atoms with E-state index in [4.69, 9.17) is 0 Å². The van der Waals surface area contributed by atoms with E-state index in [1.807, 2.05) is 6.07 Å². The van der Waals surface area contributed by atoms with E-state index in [1.165, 1.54) is 24.0 Å². The van der Waals surface area contributed by atoms with Gasteiger partial charge in [-0.15, -0.1) is 0 Å². The molecule has 0 spiro atoms.